The van der Waals surface area contributed by atoms with Crippen LogP contribution in [0.1, 0.15) is 0 Å². The van der Waals surface area contributed by atoms with Gasteiger partial charge in [-0.15, -0.1) is 5.10 Å². The summed E-state index contributed by atoms with van der Waals surface area (Å²) in [6, 6.07) is 8.17. The van der Waals surface area contributed by atoms with E-state index in [0.717, 1.165) is 4.80 Å². The lowest BCUT2D eigenvalue weighted by Gasteiger charge is -1.91. The lowest BCUT2D eigenvalue weighted by atomic mass is 10.3. The fourth-order valence-electron chi connectivity index (χ4n) is 1.26. The molecule has 0 saturated heterocycles. The third-order valence-electron chi connectivity index (χ3n) is 1.93. The second-order valence-electron chi connectivity index (χ2n) is 2.80. The van der Waals surface area contributed by atoms with Crippen LogP contribution in [0.4, 0.5) is 0 Å². The fourth-order valence-corrected chi connectivity index (χ4v) is 2.23. The maximum absolute atomic E-state index is 4.00. The summed E-state index contributed by atoms with van der Waals surface area (Å²) in [5, 5.41) is 11.2. The fraction of sp³-hybridized carbons (Fsp3) is 0.222. The second-order valence-corrected chi connectivity index (χ2v) is 3.81. The summed E-state index contributed by atoms with van der Waals surface area (Å²) in [7, 11) is 3.58. The average Bonchev–Trinajstić information content (AvgIpc) is 2.54. The molecule has 2 rings (SSSR count). The van der Waals surface area contributed by atoms with Gasteiger partial charge in [0.15, 0.2) is 0 Å². The van der Waals surface area contributed by atoms with Gasteiger partial charge in [0.2, 0.25) is 4.80 Å². The zero-order chi connectivity index (χ0) is 9.97. The SMILES string of the molecule is CN=N/N=c1/sc2ccccc2n1C. The third-order valence-corrected chi connectivity index (χ3v) is 3.04. The molecule has 0 amide bonds. The number of rotatable bonds is 1. The van der Waals surface area contributed by atoms with Crippen molar-refractivity contribution in [2.75, 3.05) is 7.05 Å². The lowest BCUT2D eigenvalue weighted by molar-refractivity contribution is 0.861. The lowest BCUT2D eigenvalue weighted by Crippen LogP contribution is -2.08. The largest absolute Gasteiger partial charge is 0.318 e. The van der Waals surface area contributed by atoms with Crippen molar-refractivity contribution in [1.82, 2.24) is 4.57 Å². The normalized spacial score (nSPS) is 13.1. The number of hydrogen-bond acceptors (Lipinski definition) is 3. The maximum Gasteiger partial charge on any atom is 0.213 e. The van der Waals surface area contributed by atoms with Gasteiger partial charge in [-0.05, 0) is 17.4 Å². The number of nitrogens with zero attached hydrogens (tertiary/aromatic N) is 4. The van der Waals surface area contributed by atoms with Crippen molar-refractivity contribution >= 4 is 21.6 Å². The molecule has 0 N–H and O–H groups in total. The van der Waals surface area contributed by atoms with Crippen molar-refractivity contribution in [2.45, 2.75) is 0 Å². The van der Waals surface area contributed by atoms with Crippen LogP contribution in [0.2, 0.25) is 0 Å². The summed E-state index contributed by atoms with van der Waals surface area (Å²) in [6.45, 7) is 0. The van der Waals surface area contributed by atoms with Gasteiger partial charge in [0.05, 0.1) is 17.3 Å². The van der Waals surface area contributed by atoms with Crippen molar-refractivity contribution in [1.29, 1.82) is 0 Å². The summed E-state index contributed by atoms with van der Waals surface area (Å²) in [4.78, 5) is 0.858. The van der Waals surface area contributed by atoms with Gasteiger partial charge < -0.3 is 4.57 Å². The molecule has 0 aliphatic rings. The topological polar surface area (TPSA) is 42.0 Å². The van der Waals surface area contributed by atoms with Gasteiger partial charge in [0.25, 0.3) is 0 Å². The van der Waals surface area contributed by atoms with Crippen molar-refractivity contribution in [3.05, 3.63) is 29.1 Å². The van der Waals surface area contributed by atoms with E-state index in [9.17, 15) is 0 Å². The minimum atomic E-state index is 0.858. The van der Waals surface area contributed by atoms with Crippen LogP contribution in [-0.2, 0) is 7.05 Å². The smallest absolute Gasteiger partial charge is 0.213 e. The minimum absolute atomic E-state index is 0.858. The van der Waals surface area contributed by atoms with E-state index in [0.29, 0.717) is 0 Å². The van der Waals surface area contributed by atoms with E-state index < -0.39 is 0 Å². The van der Waals surface area contributed by atoms with E-state index in [1.54, 1.807) is 18.4 Å². The summed E-state index contributed by atoms with van der Waals surface area (Å²) in [5.41, 5.74) is 1.17. The molecule has 72 valence electrons. The summed E-state index contributed by atoms with van der Waals surface area (Å²) < 4.78 is 3.22. The standard InChI is InChI=1S/C9H10N4S/c1-10-12-11-9-13(2)7-5-3-4-6-8(7)14-9/h3-6H,1-2H3/b11-9+,12-10?. The number of hydrogen-bond donors (Lipinski definition) is 0. The molecule has 0 aliphatic heterocycles. The molecule has 0 bridgehead atoms. The van der Waals surface area contributed by atoms with Gasteiger partial charge in [-0.2, -0.15) is 5.11 Å². The number of para-hydroxylation sites is 1. The molecule has 4 nitrogen and oxygen atoms in total. The highest BCUT2D eigenvalue weighted by atomic mass is 32.1. The number of benzene rings is 1. The number of aromatic nitrogens is 1. The predicted octanol–water partition coefficient (Wildman–Crippen LogP) is 2.14. The molecule has 1 aromatic heterocycles. The van der Waals surface area contributed by atoms with Gasteiger partial charge >= 0.3 is 0 Å². The van der Waals surface area contributed by atoms with Gasteiger partial charge in [0.1, 0.15) is 0 Å². The Morgan fingerprint density at radius 2 is 2.07 bits per heavy atom. The van der Waals surface area contributed by atoms with Crippen molar-refractivity contribution in [3.8, 4) is 0 Å². The quantitative estimate of drug-likeness (QED) is 0.507. The van der Waals surface area contributed by atoms with E-state index in [-0.39, 0.29) is 0 Å². The van der Waals surface area contributed by atoms with E-state index in [4.69, 9.17) is 0 Å². The van der Waals surface area contributed by atoms with Gasteiger partial charge in [-0.1, -0.05) is 23.5 Å². The highest BCUT2D eigenvalue weighted by Crippen LogP contribution is 2.14. The van der Waals surface area contributed by atoms with Crippen LogP contribution in [0, 0.1) is 0 Å². The number of thiazole rings is 1. The van der Waals surface area contributed by atoms with Crippen molar-refractivity contribution in [2.24, 2.45) is 22.5 Å². The highest BCUT2D eigenvalue weighted by molar-refractivity contribution is 7.16. The summed E-state index contributed by atoms with van der Waals surface area (Å²) in [6.07, 6.45) is 0. The van der Waals surface area contributed by atoms with E-state index in [1.165, 1.54) is 10.2 Å². The Hall–Kier alpha value is -1.49. The first kappa shape index (κ1) is 9.08. The molecule has 2 aromatic rings. The molecule has 0 unspecified atom stereocenters. The van der Waals surface area contributed by atoms with Crippen LogP contribution in [0.3, 0.4) is 0 Å². The third kappa shape index (κ3) is 1.46. The maximum atomic E-state index is 4.00. The minimum Gasteiger partial charge on any atom is -0.318 e. The van der Waals surface area contributed by atoms with Crippen LogP contribution < -0.4 is 4.80 Å². The Morgan fingerprint density at radius 3 is 2.79 bits per heavy atom. The van der Waals surface area contributed by atoms with Gasteiger partial charge in [-0.3, -0.25) is 0 Å². The molecule has 0 radical (unpaired) electrons. The number of fused-ring (bicyclic) bond motifs is 1. The molecule has 1 heterocycles. The second kappa shape index (κ2) is 3.71. The van der Waals surface area contributed by atoms with Gasteiger partial charge in [-0.25, -0.2) is 0 Å². The monoisotopic (exact) mass is 206 g/mol. The Bertz CT molecular complexity index is 535. The molecule has 0 fully saturated rings. The molecule has 0 aliphatic carbocycles. The van der Waals surface area contributed by atoms with E-state index in [1.807, 2.05) is 23.7 Å². The Morgan fingerprint density at radius 1 is 1.29 bits per heavy atom. The molecule has 0 saturated carbocycles. The molecule has 5 heteroatoms. The predicted molar refractivity (Wildman–Crippen MR) is 57.1 cm³/mol. The van der Waals surface area contributed by atoms with E-state index in [2.05, 4.69) is 27.6 Å². The van der Waals surface area contributed by atoms with Crippen LogP contribution in [0.5, 0.6) is 0 Å². The highest BCUT2D eigenvalue weighted by Gasteiger charge is 1.99. The Balaban J connectivity index is 2.74. The molecule has 0 spiro atoms. The Labute approximate surface area is 85.2 Å². The zero-order valence-electron chi connectivity index (χ0n) is 8.01. The first-order chi connectivity index (χ1) is 6.83. The van der Waals surface area contributed by atoms with Crippen LogP contribution in [-0.4, -0.2) is 11.6 Å². The zero-order valence-corrected chi connectivity index (χ0v) is 8.82. The van der Waals surface area contributed by atoms with Crippen molar-refractivity contribution < 1.29 is 0 Å². The van der Waals surface area contributed by atoms with E-state index >= 15 is 0 Å². The molecule has 14 heavy (non-hydrogen) atoms. The summed E-state index contributed by atoms with van der Waals surface area (Å²) >= 11 is 1.61. The van der Waals surface area contributed by atoms with Crippen LogP contribution in [0.25, 0.3) is 10.2 Å². The molecule has 0 atom stereocenters. The Kier molecular flexibility index (Phi) is 2.41. The first-order valence-corrected chi connectivity index (χ1v) is 5.02. The summed E-state index contributed by atoms with van der Waals surface area (Å²) in [5.74, 6) is 0. The van der Waals surface area contributed by atoms with Crippen LogP contribution in [0.15, 0.2) is 39.7 Å². The number of aryl methyl sites for hydroxylation is 1. The van der Waals surface area contributed by atoms with Crippen molar-refractivity contribution in [3.63, 3.8) is 0 Å². The molecule has 1 aromatic carbocycles. The van der Waals surface area contributed by atoms with Crippen LogP contribution >= 0.6 is 11.3 Å². The average molecular weight is 206 g/mol. The first-order valence-electron chi connectivity index (χ1n) is 4.20. The molecular formula is C9H10N4S. The van der Waals surface area contributed by atoms with Gasteiger partial charge in [0, 0.05) is 7.05 Å². The molecular weight excluding hydrogens is 196 g/mol.